The van der Waals surface area contributed by atoms with Crippen LogP contribution in [-0.2, 0) is 4.79 Å². The number of para-hydroxylation sites is 2. The average Bonchev–Trinajstić information content (AvgIpc) is 3.08. The zero-order valence-electron chi connectivity index (χ0n) is 13.9. The Bertz CT molecular complexity index is 727. The molecule has 1 N–H and O–H groups in total. The fourth-order valence-electron chi connectivity index (χ4n) is 3.03. The summed E-state index contributed by atoms with van der Waals surface area (Å²) < 4.78 is 5.04. The minimum absolute atomic E-state index is 0.0652. The van der Waals surface area contributed by atoms with Gasteiger partial charge in [0.25, 0.3) is 5.91 Å². The molecule has 6 nitrogen and oxygen atoms in total. The zero-order chi connectivity index (χ0) is 17.1. The van der Waals surface area contributed by atoms with Crippen molar-refractivity contribution in [3.63, 3.8) is 0 Å². The van der Waals surface area contributed by atoms with Gasteiger partial charge in [-0.3, -0.25) is 9.59 Å². The molecule has 6 heteroatoms. The van der Waals surface area contributed by atoms with Crippen molar-refractivity contribution >= 4 is 23.2 Å². The summed E-state index contributed by atoms with van der Waals surface area (Å²) in [6, 6.07) is 11.0. The van der Waals surface area contributed by atoms with Gasteiger partial charge < -0.3 is 19.5 Å². The van der Waals surface area contributed by atoms with E-state index in [1.165, 1.54) is 6.26 Å². The van der Waals surface area contributed by atoms with E-state index in [0.29, 0.717) is 12.5 Å². The quantitative estimate of drug-likeness (QED) is 0.938. The Morgan fingerprint density at radius 2 is 1.92 bits per heavy atom. The van der Waals surface area contributed by atoms with Crippen molar-refractivity contribution in [1.82, 2.24) is 5.32 Å². The summed E-state index contributed by atoms with van der Waals surface area (Å²) >= 11 is 0. The third-order valence-electron chi connectivity index (χ3n) is 4.11. The zero-order valence-corrected chi connectivity index (χ0v) is 13.9. The molecule has 126 valence electrons. The Balaban J connectivity index is 1.75. The van der Waals surface area contributed by atoms with E-state index in [2.05, 4.69) is 17.1 Å². The normalized spacial score (nSPS) is 17.2. The maximum absolute atomic E-state index is 12.7. The summed E-state index contributed by atoms with van der Waals surface area (Å²) in [4.78, 5) is 28.6. The van der Waals surface area contributed by atoms with Crippen LogP contribution in [0.1, 0.15) is 17.5 Å². The maximum atomic E-state index is 12.7. The Morgan fingerprint density at radius 1 is 1.17 bits per heavy atom. The Morgan fingerprint density at radius 3 is 2.62 bits per heavy atom. The van der Waals surface area contributed by atoms with Gasteiger partial charge in [0.15, 0.2) is 5.76 Å². The second-order valence-electron chi connectivity index (χ2n) is 6.14. The van der Waals surface area contributed by atoms with Gasteiger partial charge in [0.1, 0.15) is 0 Å². The van der Waals surface area contributed by atoms with Crippen molar-refractivity contribution in [2.24, 2.45) is 5.92 Å². The van der Waals surface area contributed by atoms with Crippen LogP contribution in [0.2, 0.25) is 0 Å². The van der Waals surface area contributed by atoms with Gasteiger partial charge in [-0.25, -0.2) is 0 Å². The van der Waals surface area contributed by atoms with Crippen molar-refractivity contribution in [2.75, 3.05) is 36.5 Å². The lowest BCUT2D eigenvalue weighted by molar-refractivity contribution is -0.117. The van der Waals surface area contributed by atoms with Crippen LogP contribution in [0.4, 0.5) is 11.4 Å². The lowest BCUT2D eigenvalue weighted by Gasteiger charge is -2.24. The first-order chi connectivity index (χ1) is 11.6. The van der Waals surface area contributed by atoms with Crippen LogP contribution in [0, 0.1) is 5.92 Å². The van der Waals surface area contributed by atoms with E-state index >= 15 is 0 Å². The van der Waals surface area contributed by atoms with Crippen LogP contribution >= 0.6 is 0 Å². The summed E-state index contributed by atoms with van der Waals surface area (Å²) in [6.07, 6.45) is 1.43. The molecule has 2 amide bonds. The number of amides is 2. The van der Waals surface area contributed by atoms with Crippen molar-refractivity contribution in [2.45, 2.75) is 6.92 Å². The van der Waals surface area contributed by atoms with Crippen LogP contribution in [0.3, 0.4) is 0 Å². The first-order valence-electron chi connectivity index (χ1n) is 7.98. The summed E-state index contributed by atoms with van der Waals surface area (Å²) in [7, 11) is 2.03. The number of hydrogen-bond acceptors (Lipinski definition) is 4. The molecule has 2 heterocycles. The smallest absolute Gasteiger partial charge is 0.287 e. The predicted octanol–water partition coefficient (Wildman–Crippen LogP) is 2.13. The molecule has 0 aliphatic carbocycles. The SMILES string of the molecule is CC1CN(C)c2ccccc2N(C(=O)CNC(=O)c2ccco2)C1. The number of rotatable bonds is 3. The minimum atomic E-state index is -0.387. The third-order valence-corrected chi connectivity index (χ3v) is 4.11. The molecule has 1 unspecified atom stereocenters. The van der Waals surface area contributed by atoms with Gasteiger partial charge in [-0.05, 0) is 30.2 Å². The highest BCUT2D eigenvalue weighted by atomic mass is 16.3. The standard InChI is InChI=1S/C18H21N3O3/c1-13-11-20(2)14-6-3-4-7-15(14)21(12-13)17(22)10-19-18(23)16-8-5-9-24-16/h3-9,13H,10-12H2,1-2H3,(H,19,23). The van der Waals surface area contributed by atoms with E-state index in [4.69, 9.17) is 4.42 Å². The average molecular weight is 327 g/mol. The van der Waals surface area contributed by atoms with Crippen LogP contribution in [0.25, 0.3) is 0 Å². The van der Waals surface area contributed by atoms with E-state index in [0.717, 1.165) is 17.9 Å². The van der Waals surface area contributed by atoms with Crippen LogP contribution < -0.4 is 15.1 Å². The predicted molar refractivity (Wildman–Crippen MR) is 92.3 cm³/mol. The molecule has 2 aromatic rings. The van der Waals surface area contributed by atoms with Gasteiger partial charge in [0.2, 0.25) is 5.91 Å². The van der Waals surface area contributed by atoms with Crippen molar-refractivity contribution in [3.05, 3.63) is 48.4 Å². The monoisotopic (exact) mass is 327 g/mol. The highest BCUT2D eigenvalue weighted by molar-refractivity contribution is 6.01. The lowest BCUT2D eigenvalue weighted by Crippen LogP contribution is -2.42. The molecule has 3 rings (SSSR count). The number of benzene rings is 1. The molecule has 0 saturated carbocycles. The van der Waals surface area contributed by atoms with Crippen LogP contribution in [-0.4, -0.2) is 38.5 Å². The van der Waals surface area contributed by atoms with E-state index in [1.54, 1.807) is 17.0 Å². The number of carbonyl (C=O) groups excluding carboxylic acids is 2. The summed E-state index contributed by atoms with van der Waals surface area (Å²) in [5.74, 6) is 0.00502. The lowest BCUT2D eigenvalue weighted by atomic mass is 10.1. The molecule has 1 aromatic carbocycles. The maximum Gasteiger partial charge on any atom is 0.287 e. The topological polar surface area (TPSA) is 65.8 Å². The van der Waals surface area contributed by atoms with Crippen molar-refractivity contribution in [1.29, 1.82) is 0 Å². The van der Waals surface area contributed by atoms with Gasteiger partial charge in [-0.1, -0.05) is 19.1 Å². The van der Waals surface area contributed by atoms with Crippen molar-refractivity contribution < 1.29 is 14.0 Å². The molecule has 24 heavy (non-hydrogen) atoms. The Labute approximate surface area is 141 Å². The van der Waals surface area contributed by atoms with E-state index < -0.39 is 0 Å². The fraction of sp³-hybridized carbons (Fsp3) is 0.333. The molecule has 0 spiro atoms. The largest absolute Gasteiger partial charge is 0.459 e. The van der Waals surface area contributed by atoms with Crippen molar-refractivity contribution in [3.8, 4) is 0 Å². The van der Waals surface area contributed by atoms with E-state index in [9.17, 15) is 9.59 Å². The number of furan rings is 1. The van der Waals surface area contributed by atoms with Gasteiger partial charge in [-0.2, -0.15) is 0 Å². The number of anilines is 2. The molecule has 0 fully saturated rings. The van der Waals surface area contributed by atoms with Crippen LogP contribution in [0.5, 0.6) is 0 Å². The number of hydrogen-bond donors (Lipinski definition) is 1. The molecular formula is C18H21N3O3. The molecule has 1 aromatic heterocycles. The highest BCUT2D eigenvalue weighted by Gasteiger charge is 2.26. The third kappa shape index (κ3) is 3.27. The highest BCUT2D eigenvalue weighted by Crippen LogP contribution is 2.32. The van der Waals surface area contributed by atoms with Gasteiger partial charge >= 0.3 is 0 Å². The second-order valence-corrected chi connectivity index (χ2v) is 6.14. The van der Waals surface area contributed by atoms with E-state index in [1.807, 2.05) is 31.3 Å². The molecule has 1 atom stereocenters. The summed E-state index contributed by atoms with van der Waals surface area (Å²) in [5.41, 5.74) is 1.90. The number of carbonyl (C=O) groups is 2. The van der Waals surface area contributed by atoms with Gasteiger partial charge in [-0.15, -0.1) is 0 Å². The molecule has 0 radical (unpaired) electrons. The molecule has 0 bridgehead atoms. The Hall–Kier alpha value is -2.76. The molecule has 0 saturated heterocycles. The summed E-state index contributed by atoms with van der Waals surface area (Å²) in [6.45, 7) is 3.55. The van der Waals surface area contributed by atoms with Crippen LogP contribution in [0.15, 0.2) is 47.1 Å². The molecule has 1 aliphatic rings. The fourth-order valence-corrected chi connectivity index (χ4v) is 3.03. The molecule has 1 aliphatic heterocycles. The van der Waals surface area contributed by atoms with Gasteiger partial charge in [0, 0.05) is 20.1 Å². The Kier molecular flexibility index (Phi) is 4.55. The number of nitrogens with one attached hydrogen (secondary N) is 1. The van der Waals surface area contributed by atoms with E-state index in [-0.39, 0.29) is 24.1 Å². The first kappa shape index (κ1) is 16.1. The molecular weight excluding hydrogens is 306 g/mol. The van der Waals surface area contributed by atoms with Gasteiger partial charge in [0.05, 0.1) is 24.2 Å². The number of nitrogens with zero attached hydrogens (tertiary/aromatic N) is 2. The first-order valence-corrected chi connectivity index (χ1v) is 7.98. The minimum Gasteiger partial charge on any atom is -0.459 e. The number of fused-ring (bicyclic) bond motifs is 1. The summed E-state index contributed by atoms with van der Waals surface area (Å²) in [5, 5.41) is 2.62. The second kappa shape index (κ2) is 6.78.